The number of thiocarbonyl (C=S) groups is 1. The fourth-order valence-corrected chi connectivity index (χ4v) is 2.81. The van der Waals surface area contributed by atoms with Gasteiger partial charge in [0.2, 0.25) is 5.91 Å². The highest BCUT2D eigenvalue weighted by molar-refractivity contribution is 7.80. The van der Waals surface area contributed by atoms with Crippen LogP contribution in [0.2, 0.25) is 0 Å². The normalized spacial score (nSPS) is 27.8. The molecule has 0 aromatic rings. The Morgan fingerprint density at radius 2 is 2.00 bits per heavy atom. The summed E-state index contributed by atoms with van der Waals surface area (Å²) in [7, 11) is 0. The van der Waals surface area contributed by atoms with Crippen LogP contribution in [0.15, 0.2) is 0 Å². The van der Waals surface area contributed by atoms with Crippen molar-refractivity contribution in [2.45, 2.75) is 70.8 Å². The van der Waals surface area contributed by atoms with Crippen LogP contribution in [-0.4, -0.2) is 16.4 Å². The molecular formula is C14H26N2OS. The molecule has 1 aliphatic carbocycles. The monoisotopic (exact) mass is 270 g/mol. The Kier molecular flexibility index (Phi) is 6.06. The summed E-state index contributed by atoms with van der Waals surface area (Å²) in [5.74, 6) is 0.815. The van der Waals surface area contributed by atoms with Gasteiger partial charge in [0, 0.05) is 6.42 Å². The summed E-state index contributed by atoms with van der Waals surface area (Å²) in [5.41, 5.74) is 5.46. The van der Waals surface area contributed by atoms with Crippen molar-refractivity contribution < 1.29 is 4.79 Å². The van der Waals surface area contributed by atoms with Crippen molar-refractivity contribution in [1.82, 2.24) is 5.32 Å². The lowest BCUT2D eigenvalue weighted by Gasteiger charge is -2.39. The van der Waals surface area contributed by atoms with E-state index in [0.717, 1.165) is 44.9 Å². The van der Waals surface area contributed by atoms with Crippen LogP contribution in [0.5, 0.6) is 0 Å². The average Bonchev–Trinajstić information content (AvgIpc) is 2.32. The number of hydrogen-bond donors (Lipinski definition) is 2. The predicted octanol–water partition coefficient (Wildman–Crippen LogP) is 2.92. The molecule has 0 bridgehead atoms. The number of nitrogens with one attached hydrogen (secondary N) is 1. The Bertz CT molecular complexity index is 296. The van der Waals surface area contributed by atoms with Gasteiger partial charge in [-0.1, -0.05) is 38.9 Å². The van der Waals surface area contributed by atoms with E-state index in [1.165, 1.54) is 0 Å². The van der Waals surface area contributed by atoms with Gasteiger partial charge in [-0.3, -0.25) is 4.79 Å². The van der Waals surface area contributed by atoms with Crippen molar-refractivity contribution in [3.8, 4) is 0 Å². The molecule has 1 amide bonds. The highest BCUT2D eigenvalue weighted by Gasteiger charge is 2.37. The predicted molar refractivity (Wildman–Crippen MR) is 79.4 cm³/mol. The van der Waals surface area contributed by atoms with Crippen LogP contribution in [-0.2, 0) is 4.79 Å². The van der Waals surface area contributed by atoms with Gasteiger partial charge >= 0.3 is 0 Å². The summed E-state index contributed by atoms with van der Waals surface area (Å²) in [5, 5.41) is 3.11. The summed E-state index contributed by atoms with van der Waals surface area (Å²) in [6.45, 7) is 4.38. The molecule has 0 radical (unpaired) electrons. The van der Waals surface area contributed by atoms with E-state index in [0.29, 0.717) is 17.3 Å². The smallest absolute Gasteiger partial charge is 0.220 e. The molecule has 1 saturated carbocycles. The highest BCUT2D eigenvalue weighted by Crippen LogP contribution is 2.32. The third kappa shape index (κ3) is 4.23. The number of hydrogen-bond acceptors (Lipinski definition) is 2. The molecule has 0 atom stereocenters. The molecule has 0 heterocycles. The second kappa shape index (κ2) is 7.07. The van der Waals surface area contributed by atoms with E-state index in [-0.39, 0.29) is 5.91 Å². The molecule has 1 aliphatic rings. The van der Waals surface area contributed by atoms with Gasteiger partial charge < -0.3 is 11.1 Å². The van der Waals surface area contributed by atoms with Crippen LogP contribution in [0.1, 0.15) is 65.2 Å². The number of nitrogens with two attached hydrogens (primary N) is 1. The minimum Gasteiger partial charge on any atom is -0.391 e. The molecule has 104 valence electrons. The van der Waals surface area contributed by atoms with Gasteiger partial charge in [0.1, 0.15) is 0 Å². The summed E-state index contributed by atoms with van der Waals surface area (Å²) in [4.78, 5) is 12.4. The van der Waals surface area contributed by atoms with Crippen LogP contribution in [0, 0.1) is 5.92 Å². The molecule has 1 fully saturated rings. The average molecular weight is 270 g/mol. The van der Waals surface area contributed by atoms with E-state index >= 15 is 0 Å². The second-order valence-electron chi connectivity index (χ2n) is 5.63. The summed E-state index contributed by atoms with van der Waals surface area (Å²) >= 11 is 5.18. The van der Waals surface area contributed by atoms with Gasteiger partial charge in [-0.2, -0.15) is 0 Å². The largest absolute Gasteiger partial charge is 0.391 e. The number of carbonyl (C=O) groups is 1. The first kappa shape index (κ1) is 15.4. The number of carbonyl (C=O) groups excluding carboxylic acids is 1. The highest BCUT2D eigenvalue weighted by atomic mass is 32.1. The molecule has 0 aliphatic heterocycles. The lowest BCUT2D eigenvalue weighted by atomic mass is 9.77. The van der Waals surface area contributed by atoms with Crippen LogP contribution in [0.3, 0.4) is 0 Å². The van der Waals surface area contributed by atoms with Gasteiger partial charge in [0.25, 0.3) is 0 Å². The maximum absolute atomic E-state index is 12.0. The SMILES string of the molecule is CCCCCC(=O)NC1(C(N)=S)CCC(C)CC1. The fraction of sp³-hybridized carbons (Fsp3) is 0.857. The van der Waals surface area contributed by atoms with E-state index in [2.05, 4.69) is 19.2 Å². The molecule has 18 heavy (non-hydrogen) atoms. The minimum absolute atomic E-state index is 0.103. The van der Waals surface area contributed by atoms with E-state index < -0.39 is 5.54 Å². The van der Waals surface area contributed by atoms with E-state index in [1.54, 1.807) is 0 Å². The third-order valence-electron chi connectivity index (χ3n) is 3.99. The first-order valence-corrected chi connectivity index (χ1v) is 7.52. The third-order valence-corrected chi connectivity index (χ3v) is 4.38. The number of rotatable bonds is 6. The van der Waals surface area contributed by atoms with Crippen molar-refractivity contribution in [3.05, 3.63) is 0 Å². The van der Waals surface area contributed by atoms with Crippen molar-refractivity contribution in [2.24, 2.45) is 11.7 Å². The Hall–Kier alpha value is -0.640. The fourth-order valence-electron chi connectivity index (χ4n) is 2.55. The lowest BCUT2D eigenvalue weighted by Crippen LogP contribution is -2.58. The molecule has 0 saturated heterocycles. The molecule has 0 spiro atoms. The summed E-state index contributed by atoms with van der Waals surface area (Å²) < 4.78 is 0. The Morgan fingerprint density at radius 3 is 2.50 bits per heavy atom. The number of amides is 1. The zero-order valence-corrected chi connectivity index (χ0v) is 12.4. The van der Waals surface area contributed by atoms with Gasteiger partial charge in [-0.15, -0.1) is 0 Å². The molecule has 0 unspecified atom stereocenters. The van der Waals surface area contributed by atoms with E-state index in [4.69, 9.17) is 18.0 Å². The molecule has 3 nitrogen and oxygen atoms in total. The van der Waals surface area contributed by atoms with Crippen molar-refractivity contribution in [3.63, 3.8) is 0 Å². The van der Waals surface area contributed by atoms with Gasteiger partial charge in [-0.05, 0) is 38.0 Å². The molecule has 3 N–H and O–H groups in total. The lowest BCUT2D eigenvalue weighted by molar-refractivity contribution is -0.122. The first-order chi connectivity index (χ1) is 8.50. The zero-order chi connectivity index (χ0) is 13.6. The Morgan fingerprint density at radius 1 is 1.39 bits per heavy atom. The molecule has 0 aromatic carbocycles. The standard InChI is InChI=1S/C14H26N2OS/c1-3-4-5-6-12(17)16-14(13(15)18)9-7-11(2)8-10-14/h11H,3-10H2,1-2H3,(H2,15,18)(H,16,17). The number of unbranched alkanes of at least 4 members (excludes halogenated alkanes) is 2. The maximum atomic E-state index is 12.0. The van der Waals surface area contributed by atoms with Crippen LogP contribution in [0.4, 0.5) is 0 Å². The van der Waals surface area contributed by atoms with Gasteiger partial charge in [-0.25, -0.2) is 0 Å². The van der Waals surface area contributed by atoms with E-state index in [9.17, 15) is 4.79 Å². The zero-order valence-electron chi connectivity index (χ0n) is 11.6. The summed E-state index contributed by atoms with van der Waals surface area (Å²) in [6.07, 6.45) is 7.74. The minimum atomic E-state index is -0.412. The van der Waals surface area contributed by atoms with Gasteiger partial charge in [0.05, 0.1) is 10.5 Å². The molecule has 0 aromatic heterocycles. The molecular weight excluding hydrogens is 244 g/mol. The summed E-state index contributed by atoms with van der Waals surface area (Å²) in [6, 6.07) is 0. The molecule has 1 rings (SSSR count). The van der Waals surface area contributed by atoms with Crippen molar-refractivity contribution in [1.29, 1.82) is 0 Å². The topological polar surface area (TPSA) is 55.1 Å². The first-order valence-electron chi connectivity index (χ1n) is 7.11. The van der Waals surface area contributed by atoms with Crippen molar-refractivity contribution in [2.75, 3.05) is 0 Å². The van der Waals surface area contributed by atoms with Crippen LogP contribution in [0.25, 0.3) is 0 Å². The van der Waals surface area contributed by atoms with Crippen LogP contribution >= 0.6 is 12.2 Å². The maximum Gasteiger partial charge on any atom is 0.220 e. The Labute approximate surface area is 116 Å². The molecule has 4 heteroatoms. The second-order valence-corrected chi connectivity index (χ2v) is 6.07. The van der Waals surface area contributed by atoms with Crippen LogP contribution < -0.4 is 11.1 Å². The van der Waals surface area contributed by atoms with Crippen molar-refractivity contribution >= 4 is 23.1 Å². The van der Waals surface area contributed by atoms with E-state index in [1.807, 2.05) is 0 Å². The van der Waals surface area contributed by atoms with Gasteiger partial charge in [0.15, 0.2) is 0 Å². The quantitative estimate of drug-likeness (QED) is 0.576. The Balaban J connectivity index is 2.52.